The number of primary amides is 1. The average molecular weight is 610 g/mol. The van der Waals surface area contributed by atoms with Gasteiger partial charge in [-0.3, -0.25) is 4.79 Å². The smallest absolute Gasteiger partial charge is 0.370 e. The summed E-state index contributed by atoms with van der Waals surface area (Å²) in [7, 11) is 0. The van der Waals surface area contributed by atoms with E-state index in [0.717, 1.165) is 0 Å². The molecule has 41 heavy (non-hydrogen) atoms. The van der Waals surface area contributed by atoms with Crippen LogP contribution in [0.4, 0.5) is 58.4 Å². The maximum absolute atomic E-state index is 14.0. The first-order valence-electron chi connectivity index (χ1n) is 11.1. The number of hydrazone groups is 1. The van der Waals surface area contributed by atoms with Crippen molar-refractivity contribution in [3.8, 4) is 0 Å². The number of benzene rings is 2. The van der Waals surface area contributed by atoms with E-state index in [4.69, 9.17) is 5.73 Å². The third-order valence-electron chi connectivity index (χ3n) is 5.74. The molecule has 0 fully saturated rings. The molecule has 1 unspecified atom stereocenters. The molecule has 3 rings (SSSR count). The number of nitrogens with two attached hydrogens (primary N) is 1. The lowest BCUT2D eigenvalue weighted by molar-refractivity contribution is -0.415. The summed E-state index contributed by atoms with van der Waals surface area (Å²) in [6.07, 6.45) is -6.39. The quantitative estimate of drug-likeness (QED) is 0.309. The van der Waals surface area contributed by atoms with Crippen LogP contribution in [0, 0.1) is 0 Å². The maximum atomic E-state index is 14.0. The molecule has 0 aliphatic carbocycles. The van der Waals surface area contributed by atoms with Gasteiger partial charge in [0.2, 0.25) is 5.84 Å². The Morgan fingerprint density at radius 1 is 0.902 bits per heavy atom. The van der Waals surface area contributed by atoms with Crippen LogP contribution >= 0.6 is 0 Å². The average Bonchev–Trinajstić information content (AvgIpc) is 3.35. The van der Waals surface area contributed by atoms with Crippen LogP contribution in [0.1, 0.15) is 17.3 Å². The van der Waals surface area contributed by atoms with Crippen LogP contribution < -0.4 is 16.1 Å². The van der Waals surface area contributed by atoms with Crippen LogP contribution in [-0.4, -0.2) is 54.4 Å². The Morgan fingerprint density at radius 3 is 2.07 bits per heavy atom. The van der Waals surface area contributed by atoms with E-state index in [1.165, 1.54) is 29.3 Å². The van der Waals surface area contributed by atoms with Crippen molar-refractivity contribution in [2.75, 3.05) is 11.6 Å². The third kappa shape index (κ3) is 5.60. The third-order valence-corrected chi connectivity index (χ3v) is 5.74. The second kappa shape index (κ2) is 10.9. The minimum absolute atomic E-state index is 0.0857. The molecule has 0 saturated carbocycles. The Labute approximate surface area is 222 Å². The van der Waals surface area contributed by atoms with E-state index in [0.29, 0.717) is 5.56 Å². The van der Waals surface area contributed by atoms with Crippen molar-refractivity contribution in [2.45, 2.75) is 48.8 Å². The summed E-state index contributed by atoms with van der Waals surface area (Å²) in [5.74, 6) is -37.0. The van der Waals surface area contributed by atoms with Crippen LogP contribution in [-0.2, 0) is 16.1 Å². The van der Waals surface area contributed by atoms with Crippen molar-refractivity contribution in [1.82, 2.24) is 5.32 Å². The number of nitrogens with one attached hydrogen (secondary N) is 1. The van der Waals surface area contributed by atoms with E-state index < -0.39 is 61.3 Å². The molecule has 3 N–H and O–H groups in total. The number of anilines is 1. The van der Waals surface area contributed by atoms with Gasteiger partial charge in [-0.15, -0.1) is 5.10 Å². The standard InChI is InChI=1S/C23H18F12N4O2/c24-18(25)20(28,29)22(32,33)23(34,35)21(30,31)19(26,27)11-41-10-12-5-4-8-14(9-12)39-17(13-6-2-1-3-7-13)37-16(38-39)15(36)40/h1-9,17-18H,10-11H2,(H2,36,40)(H,37,38). The van der Waals surface area contributed by atoms with E-state index in [1.807, 2.05) is 0 Å². The summed E-state index contributed by atoms with van der Waals surface area (Å²) in [5, 5.41) is 8.01. The van der Waals surface area contributed by atoms with Gasteiger partial charge in [0.15, 0.2) is 0 Å². The van der Waals surface area contributed by atoms with Crippen molar-refractivity contribution in [3.63, 3.8) is 0 Å². The van der Waals surface area contributed by atoms with Gasteiger partial charge in [0.05, 0.1) is 12.3 Å². The van der Waals surface area contributed by atoms with Crippen molar-refractivity contribution >= 4 is 17.4 Å². The molecule has 0 aromatic heterocycles. The molecule has 226 valence electrons. The Kier molecular flexibility index (Phi) is 8.49. The molecule has 2 aromatic carbocycles. The lowest BCUT2D eigenvalue weighted by atomic mass is 9.94. The first-order chi connectivity index (χ1) is 18.8. The number of hydrogen-bond donors (Lipinski definition) is 2. The first-order valence-corrected chi connectivity index (χ1v) is 11.1. The monoisotopic (exact) mass is 610 g/mol. The predicted octanol–water partition coefficient (Wildman–Crippen LogP) is 5.55. The Bertz CT molecular complexity index is 1270. The Balaban J connectivity index is 1.79. The van der Waals surface area contributed by atoms with E-state index in [1.54, 1.807) is 30.3 Å². The number of carbonyl (C=O) groups excluding carboxylic acids is 1. The van der Waals surface area contributed by atoms with Gasteiger partial charge in [-0.25, -0.2) is 13.8 Å². The predicted molar refractivity (Wildman–Crippen MR) is 118 cm³/mol. The molecule has 0 bridgehead atoms. The molecule has 1 atom stereocenters. The molecular formula is C23H18F12N4O2. The SMILES string of the molecule is NC(=O)C1=NN(c2cccc(COCC(F)(F)C(F)(F)C(F)(F)C(F)(F)C(F)(F)C(F)F)c2)C(c2ccccc2)N1. The molecular weight excluding hydrogens is 592 g/mol. The van der Waals surface area contributed by atoms with Gasteiger partial charge < -0.3 is 15.8 Å². The molecule has 0 saturated heterocycles. The van der Waals surface area contributed by atoms with Crippen LogP contribution in [0.3, 0.4) is 0 Å². The van der Waals surface area contributed by atoms with Gasteiger partial charge >= 0.3 is 36.0 Å². The van der Waals surface area contributed by atoms with Crippen molar-refractivity contribution in [1.29, 1.82) is 0 Å². The number of ether oxygens (including phenoxy) is 1. The largest absolute Gasteiger partial charge is 0.384 e. The highest BCUT2D eigenvalue weighted by Crippen LogP contribution is 2.58. The van der Waals surface area contributed by atoms with Crippen LogP contribution in [0.25, 0.3) is 0 Å². The topological polar surface area (TPSA) is 80.0 Å². The lowest BCUT2D eigenvalue weighted by Gasteiger charge is -2.39. The molecule has 1 amide bonds. The summed E-state index contributed by atoms with van der Waals surface area (Å²) in [4.78, 5) is 11.6. The zero-order chi connectivity index (χ0) is 31.0. The van der Waals surface area contributed by atoms with E-state index in [-0.39, 0.29) is 17.1 Å². The molecule has 1 heterocycles. The van der Waals surface area contributed by atoms with Crippen LogP contribution in [0.2, 0.25) is 0 Å². The molecule has 0 spiro atoms. The van der Waals surface area contributed by atoms with Gasteiger partial charge in [0.1, 0.15) is 12.8 Å². The fourth-order valence-electron chi connectivity index (χ4n) is 3.52. The summed E-state index contributed by atoms with van der Waals surface area (Å²) in [6.45, 7) is -3.73. The second-order valence-corrected chi connectivity index (χ2v) is 8.63. The number of halogens is 12. The normalized spacial score (nSPS) is 17.0. The van der Waals surface area contributed by atoms with Gasteiger partial charge in [-0.05, 0) is 23.3 Å². The zero-order valence-electron chi connectivity index (χ0n) is 20.1. The number of nitrogens with zero attached hydrogens (tertiary/aromatic N) is 2. The number of amidine groups is 1. The highest BCUT2D eigenvalue weighted by molar-refractivity contribution is 6.38. The number of hydrogen-bond acceptors (Lipinski definition) is 5. The van der Waals surface area contributed by atoms with Gasteiger partial charge in [-0.2, -0.15) is 43.9 Å². The summed E-state index contributed by atoms with van der Waals surface area (Å²) in [6, 6.07) is 13.4. The maximum Gasteiger partial charge on any atom is 0.384 e. The van der Waals surface area contributed by atoms with Crippen molar-refractivity contribution in [2.24, 2.45) is 10.8 Å². The fraction of sp³-hybridized carbons (Fsp3) is 0.391. The molecule has 0 radical (unpaired) electrons. The van der Waals surface area contributed by atoms with Gasteiger partial charge in [0.25, 0.3) is 5.91 Å². The summed E-state index contributed by atoms with van der Waals surface area (Å²) < 4.78 is 164. The number of carbonyl (C=O) groups is 1. The van der Waals surface area contributed by atoms with Crippen LogP contribution in [0.5, 0.6) is 0 Å². The summed E-state index contributed by atoms with van der Waals surface area (Å²) >= 11 is 0. The second-order valence-electron chi connectivity index (χ2n) is 8.63. The number of alkyl halides is 12. The van der Waals surface area contributed by atoms with Gasteiger partial charge in [0, 0.05) is 0 Å². The van der Waals surface area contributed by atoms with E-state index in [2.05, 4.69) is 15.2 Å². The number of rotatable bonds is 12. The fourth-order valence-corrected chi connectivity index (χ4v) is 3.52. The van der Waals surface area contributed by atoms with Crippen LogP contribution in [0.15, 0.2) is 59.7 Å². The first kappa shape index (κ1) is 31.8. The number of amides is 1. The summed E-state index contributed by atoms with van der Waals surface area (Å²) in [5.41, 5.74) is 5.90. The lowest BCUT2D eigenvalue weighted by Crippen LogP contribution is -2.69. The van der Waals surface area contributed by atoms with E-state index in [9.17, 15) is 57.5 Å². The van der Waals surface area contributed by atoms with Gasteiger partial charge in [-0.1, -0.05) is 42.5 Å². The van der Waals surface area contributed by atoms with Crippen molar-refractivity contribution in [3.05, 3.63) is 65.7 Å². The Morgan fingerprint density at radius 2 is 1.51 bits per heavy atom. The molecule has 1 aliphatic heterocycles. The zero-order valence-corrected chi connectivity index (χ0v) is 20.1. The van der Waals surface area contributed by atoms with E-state index >= 15 is 0 Å². The molecule has 6 nitrogen and oxygen atoms in total. The molecule has 2 aromatic rings. The minimum Gasteiger partial charge on any atom is -0.370 e. The molecule has 18 heteroatoms. The Hall–Kier alpha value is -3.70. The van der Waals surface area contributed by atoms with Crippen molar-refractivity contribution < 1.29 is 62.2 Å². The highest BCUT2D eigenvalue weighted by Gasteiger charge is 2.87. The minimum atomic E-state index is -7.63. The highest BCUT2D eigenvalue weighted by atomic mass is 19.4. The molecule has 1 aliphatic rings.